The summed E-state index contributed by atoms with van der Waals surface area (Å²) in [6.07, 6.45) is 0.0586. The molecule has 6 nitrogen and oxygen atoms in total. The number of urea groups is 1. The lowest BCUT2D eigenvalue weighted by molar-refractivity contribution is -0.137. The van der Waals surface area contributed by atoms with E-state index in [1.165, 1.54) is 12.3 Å². The molecule has 2 aromatic heterocycles. The number of rotatable bonds is 5. The summed E-state index contributed by atoms with van der Waals surface area (Å²) in [6.45, 7) is 0.117. The van der Waals surface area contributed by atoms with Crippen molar-refractivity contribution in [3.8, 4) is 11.6 Å². The van der Waals surface area contributed by atoms with Crippen LogP contribution in [0.2, 0.25) is 5.02 Å². The van der Waals surface area contributed by atoms with Crippen molar-refractivity contribution in [2.45, 2.75) is 12.7 Å². The van der Waals surface area contributed by atoms with Gasteiger partial charge in [0.1, 0.15) is 5.75 Å². The van der Waals surface area contributed by atoms with Crippen LogP contribution in [0.4, 0.5) is 23.7 Å². The van der Waals surface area contributed by atoms with E-state index in [0.29, 0.717) is 17.2 Å². The van der Waals surface area contributed by atoms with Gasteiger partial charge in [-0.25, -0.2) is 9.78 Å². The summed E-state index contributed by atoms with van der Waals surface area (Å²) < 4.78 is 44.1. The number of aromatic nitrogens is 2. The van der Waals surface area contributed by atoms with E-state index in [2.05, 4.69) is 20.6 Å². The van der Waals surface area contributed by atoms with Gasteiger partial charge in [-0.3, -0.25) is 4.98 Å². The van der Waals surface area contributed by atoms with Gasteiger partial charge in [0, 0.05) is 30.7 Å². The predicted octanol–water partition coefficient (Wildman–Crippen LogP) is 5.26. The number of carbonyl (C=O) groups is 1. The fraction of sp³-hybridized carbons (Fsp3) is 0.105. The molecule has 2 N–H and O–H groups in total. The molecule has 10 heteroatoms. The summed E-state index contributed by atoms with van der Waals surface area (Å²) in [6, 6.07) is 9.23. The molecule has 0 spiro atoms. The SMILES string of the molecule is O=C(NCc1ccc(Oc2cccnc2)nc1)Nc1ccc(Cl)c(C(F)(F)F)c1. The van der Waals surface area contributed by atoms with Crippen LogP contribution >= 0.6 is 11.6 Å². The van der Waals surface area contributed by atoms with Gasteiger partial charge in [-0.15, -0.1) is 0 Å². The Morgan fingerprint density at radius 1 is 1.14 bits per heavy atom. The zero-order chi connectivity index (χ0) is 20.9. The normalized spacial score (nSPS) is 11.0. The third kappa shape index (κ3) is 5.82. The number of pyridine rings is 2. The molecule has 0 aliphatic carbocycles. The van der Waals surface area contributed by atoms with Crippen molar-refractivity contribution in [3.05, 3.63) is 77.2 Å². The minimum atomic E-state index is -4.61. The van der Waals surface area contributed by atoms with Crippen LogP contribution in [0.5, 0.6) is 11.6 Å². The average Bonchev–Trinajstić information content (AvgIpc) is 2.69. The molecular formula is C19H14ClF3N4O2. The monoisotopic (exact) mass is 422 g/mol. The molecule has 3 rings (SSSR count). The highest BCUT2D eigenvalue weighted by molar-refractivity contribution is 6.31. The first-order chi connectivity index (χ1) is 13.8. The van der Waals surface area contributed by atoms with Gasteiger partial charge in [-0.2, -0.15) is 13.2 Å². The second kappa shape index (κ2) is 8.78. The molecule has 0 aliphatic rings. The van der Waals surface area contributed by atoms with Crippen molar-refractivity contribution in [2.24, 2.45) is 0 Å². The molecule has 0 radical (unpaired) electrons. The van der Waals surface area contributed by atoms with Crippen LogP contribution in [0.1, 0.15) is 11.1 Å². The van der Waals surface area contributed by atoms with Gasteiger partial charge in [0.05, 0.1) is 16.8 Å². The molecule has 0 saturated carbocycles. The first-order valence-electron chi connectivity index (χ1n) is 8.26. The number of nitrogens with zero attached hydrogens (tertiary/aromatic N) is 2. The van der Waals surface area contributed by atoms with Crippen LogP contribution in [-0.4, -0.2) is 16.0 Å². The van der Waals surface area contributed by atoms with E-state index in [1.54, 1.807) is 36.7 Å². The van der Waals surface area contributed by atoms with Crippen LogP contribution < -0.4 is 15.4 Å². The molecular weight excluding hydrogens is 409 g/mol. The summed E-state index contributed by atoms with van der Waals surface area (Å²) in [5.41, 5.74) is -0.381. The number of hydrogen-bond acceptors (Lipinski definition) is 4. The van der Waals surface area contributed by atoms with E-state index in [4.69, 9.17) is 16.3 Å². The lowest BCUT2D eigenvalue weighted by Gasteiger charge is -2.12. The third-order valence-corrected chi connectivity index (χ3v) is 3.97. The van der Waals surface area contributed by atoms with Crippen molar-refractivity contribution in [1.29, 1.82) is 0 Å². The molecule has 3 aromatic rings. The number of ether oxygens (including phenoxy) is 1. The van der Waals surface area contributed by atoms with Crippen LogP contribution in [0.25, 0.3) is 0 Å². The number of benzene rings is 1. The summed E-state index contributed by atoms with van der Waals surface area (Å²) >= 11 is 5.55. The number of nitrogens with one attached hydrogen (secondary N) is 2. The Kier molecular flexibility index (Phi) is 6.18. The summed E-state index contributed by atoms with van der Waals surface area (Å²) in [7, 11) is 0. The Morgan fingerprint density at radius 2 is 1.97 bits per heavy atom. The molecule has 2 amide bonds. The second-order valence-electron chi connectivity index (χ2n) is 5.80. The Balaban J connectivity index is 1.54. The number of hydrogen-bond donors (Lipinski definition) is 2. The Hall–Kier alpha value is -3.33. The fourth-order valence-electron chi connectivity index (χ4n) is 2.28. The topological polar surface area (TPSA) is 76.1 Å². The molecule has 0 fully saturated rings. The molecule has 2 heterocycles. The first kappa shape index (κ1) is 20.4. The molecule has 29 heavy (non-hydrogen) atoms. The molecule has 0 unspecified atom stereocenters. The third-order valence-electron chi connectivity index (χ3n) is 3.64. The number of anilines is 1. The zero-order valence-corrected chi connectivity index (χ0v) is 15.5. The van der Waals surface area contributed by atoms with Gasteiger partial charge in [0.2, 0.25) is 5.88 Å². The van der Waals surface area contributed by atoms with Gasteiger partial charge in [0.15, 0.2) is 0 Å². The van der Waals surface area contributed by atoms with Crippen LogP contribution in [-0.2, 0) is 12.7 Å². The minimum Gasteiger partial charge on any atom is -0.437 e. The molecule has 1 aromatic carbocycles. The quantitative estimate of drug-likeness (QED) is 0.587. The van der Waals surface area contributed by atoms with E-state index in [9.17, 15) is 18.0 Å². The Bertz CT molecular complexity index is 983. The van der Waals surface area contributed by atoms with E-state index in [-0.39, 0.29) is 12.2 Å². The largest absolute Gasteiger partial charge is 0.437 e. The van der Waals surface area contributed by atoms with Crippen molar-refractivity contribution < 1.29 is 22.7 Å². The second-order valence-corrected chi connectivity index (χ2v) is 6.20. The maximum Gasteiger partial charge on any atom is 0.417 e. The molecule has 150 valence electrons. The lowest BCUT2D eigenvalue weighted by Crippen LogP contribution is -2.28. The number of alkyl halides is 3. The summed E-state index contributed by atoms with van der Waals surface area (Å²) in [5, 5.41) is 4.43. The molecule has 0 bridgehead atoms. The van der Waals surface area contributed by atoms with Crippen LogP contribution in [0, 0.1) is 0 Å². The average molecular weight is 423 g/mol. The van der Waals surface area contributed by atoms with E-state index in [1.807, 2.05) is 0 Å². The number of carbonyl (C=O) groups excluding carboxylic acids is 1. The van der Waals surface area contributed by atoms with Gasteiger partial charge in [-0.05, 0) is 35.9 Å². The van der Waals surface area contributed by atoms with E-state index >= 15 is 0 Å². The van der Waals surface area contributed by atoms with Crippen LogP contribution in [0.15, 0.2) is 61.1 Å². The van der Waals surface area contributed by atoms with Crippen molar-refractivity contribution in [2.75, 3.05) is 5.32 Å². The van der Waals surface area contributed by atoms with Crippen molar-refractivity contribution >= 4 is 23.3 Å². The number of amides is 2. The van der Waals surface area contributed by atoms with Gasteiger partial charge >= 0.3 is 12.2 Å². The Labute approximate surface area is 168 Å². The minimum absolute atomic E-state index is 0.0300. The molecule has 0 atom stereocenters. The van der Waals surface area contributed by atoms with Crippen molar-refractivity contribution in [1.82, 2.24) is 15.3 Å². The van der Waals surface area contributed by atoms with E-state index in [0.717, 1.165) is 12.1 Å². The summed E-state index contributed by atoms with van der Waals surface area (Å²) in [4.78, 5) is 20.0. The van der Waals surface area contributed by atoms with Gasteiger partial charge in [-0.1, -0.05) is 17.7 Å². The fourth-order valence-corrected chi connectivity index (χ4v) is 2.51. The number of halogens is 4. The smallest absolute Gasteiger partial charge is 0.417 e. The van der Waals surface area contributed by atoms with Gasteiger partial charge in [0.25, 0.3) is 0 Å². The van der Waals surface area contributed by atoms with Gasteiger partial charge < -0.3 is 15.4 Å². The highest BCUT2D eigenvalue weighted by Crippen LogP contribution is 2.36. The van der Waals surface area contributed by atoms with E-state index < -0.39 is 22.8 Å². The first-order valence-corrected chi connectivity index (χ1v) is 8.63. The van der Waals surface area contributed by atoms with Crippen molar-refractivity contribution in [3.63, 3.8) is 0 Å². The standard InChI is InChI=1S/C19H14ClF3N4O2/c20-16-5-4-13(8-15(16)19(21,22)23)27-18(28)26-10-12-3-6-17(25-9-12)29-14-2-1-7-24-11-14/h1-9,11H,10H2,(H2,26,27,28). The Morgan fingerprint density at radius 3 is 2.62 bits per heavy atom. The highest BCUT2D eigenvalue weighted by atomic mass is 35.5. The predicted molar refractivity (Wildman–Crippen MR) is 101 cm³/mol. The maximum atomic E-state index is 12.9. The van der Waals surface area contributed by atoms with Crippen LogP contribution in [0.3, 0.4) is 0 Å². The summed E-state index contributed by atoms with van der Waals surface area (Å²) in [5.74, 6) is 0.887. The lowest BCUT2D eigenvalue weighted by atomic mass is 10.2. The zero-order valence-electron chi connectivity index (χ0n) is 14.7. The molecule has 0 saturated heterocycles. The highest BCUT2D eigenvalue weighted by Gasteiger charge is 2.33. The molecule has 0 aliphatic heterocycles. The maximum absolute atomic E-state index is 12.9.